The van der Waals surface area contributed by atoms with E-state index in [1.807, 2.05) is 0 Å². The topological polar surface area (TPSA) is 74.8 Å². The fourth-order valence-electron chi connectivity index (χ4n) is 1.79. The van der Waals surface area contributed by atoms with Gasteiger partial charge in [0.25, 0.3) is 0 Å². The molecule has 0 atom stereocenters. The number of hydrogen-bond acceptors (Lipinski definition) is 4. The highest BCUT2D eigenvalue weighted by molar-refractivity contribution is 7.89. The molecule has 0 radical (unpaired) electrons. The Balaban J connectivity index is 2.52. The summed E-state index contributed by atoms with van der Waals surface area (Å²) in [4.78, 5) is 0. The Morgan fingerprint density at radius 2 is 1.44 bits per heavy atom. The van der Waals surface area contributed by atoms with Crippen LogP contribution in [0.2, 0.25) is 0 Å². The minimum Gasteiger partial charge on any atom is -0.213 e. The molecule has 0 unspecified atom stereocenters. The number of alkyl halides is 1. The fourth-order valence-corrected chi connectivity index (χ4v) is 4.35. The van der Waals surface area contributed by atoms with Crippen LogP contribution in [0.15, 0.2) is 0 Å². The first-order valence-corrected chi connectivity index (χ1v) is 9.75. The number of rotatable bonds is 6. The highest BCUT2D eigenvalue weighted by Crippen LogP contribution is 2.12. The van der Waals surface area contributed by atoms with Crippen LogP contribution < -0.4 is 0 Å². The third kappa shape index (κ3) is 4.65. The lowest BCUT2D eigenvalue weighted by Crippen LogP contribution is -2.50. The Morgan fingerprint density at radius 1 is 0.944 bits per heavy atom. The molecule has 1 saturated heterocycles. The van der Waals surface area contributed by atoms with Crippen LogP contribution in [0.3, 0.4) is 0 Å². The molecule has 0 aromatic heterocycles. The molecule has 1 aliphatic heterocycles. The molecule has 1 rings (SSSR count). The molecule has 0 N–H and O–H groups in total. The molecule has 108 valence electrons. The zero-order valence-corrected chi connectivity index (χ0v) is 12.8. The van der Waals surface area contributed by atoms with Gasteiger partial charge in [0.2, 0.25) is 20.0 Å². The first-order valence-electron chi connectivity index (χ1n) is 5.76. The van der Waals surface area contributed by atoms with E-state index in [9.17, 15) is 16.8 Å². The Labute approximate surface area is 114 Å². The smallest absolute Gasteiger partial charge is 0.213 e. The molecule has 6 nitrogen and oxygen atoms in total. The van der Waals surface area contributed by atoms with Gasteiger partial charge in [-0.05, 0) is 12.8 Å². The lowest BCUT2D eigenvalue weighted by molar-refractivity contribution is 0.274. The predicted octanol–water partition coefficient (Wildman–Crippen LogP) is -0.0876. The summed E-state index contributed by atoms with van der Waals surface area (Å²) in [5.74, 6) is 0.538. The van der Waals surface area contributed by atoms with Gasteiger partial charge in [0.1, 0.15) is 0 Å². The van der Waals surface area contributed by atoms with E-state index in [-0.39, 0.29) is 31.9 Å². The van der Waals surface area contributed by atoms with Crippen molar-refractivity contribution in [2.24, 2.45) is 0 Å². The number of unbranched alkanes of at least 4 members (excludes halogenated alkanes) is 1. The summed E-state index contributed by atoms with van der Waals surface area (Å²) in [6, 6.07) is 0. The number of sulfonamides is 2. The first-order chi connectivity index (χ1) is 8.27. The van der Waals surface area contributed by atoms with Gasteiger partial charge in [-0.15, -0.1) is 11.6 Å². The van der Waals surface area contributed by atoms with Gasteiger partial charge in [-0.1, -0.05) is 0 Å². The van der Waals surface area contributed by atoms with Crippen LogP contribution in [0.25, 0.3) is 0 Å². The molecule has 0 bridgehead atoms. The van der Waals surface area contributed by atoms with Crippen molar-refractivity contribution in [3.8, 4) is 0 Å². The molecule has 0 spiro atoms. The van der Waals surface area contributed by atoms with E-state index < -0.39 is 20.0 Å². The second-order valence-electron chi connectivity index (χ2n) is 4.27. The van der Waals surface area contributed by atoms with Gasteiger partial charge in [0, 0.05) is 32.1 Å². The monoisotopic (exact) mass is 318 g/mol. The molecule has 0 aliphatic carbocycles. The fraction of sp³-hybridized carbons (Fsp3) is 1.00. The van der Waals surface area contributed by atoms with Crippen molar-refractivity contribution in [1.29, 1.82) is 0 Å². The van der Waals surface area contributed by atoms with Crippen molar-refractivity contribution in [3.63, 3.8) is 0 Å². The van der Waals surface area contributed by atoms with Crippen LogP contribution in [-0.4, -0.2) is 69.5 Å². The van der Waals surface area contributed by atoms with Crippen molar-refractivity contribution in [2.45, 2.75) is 12.8 Å². The average Bonchev–Trinajstić information content (AvgIpc) is 2.28. The summed E-state index contributed by atoms with van der Waals surface area (Å²) >= 11 is 5.50. The number of halogens is 1. The zero-order valence-electron chi connectivity index (χ0n) is 10.4. The van der Waals surface area contributed by atoms with Crippen LogP contribution in [0.1, 0.15) is 12.8 Å². The van der Waals surface area contributed by atoms with E-state index in [1.165, 1.54) is 8.61 Å². The Bertz CT molecular complexity index is 455. The maximum Gasteiger partial charge on any atom is 0.214 e. The lowest BCUT2D eigenvalue weighted by atomic mass is 10.4. The van der Waals surface area contributed by atoms with E-state index in [2.05, 4.69) is 0 Å². The maximum absolute atomic E-state index is 11.9. The van der Waals surface area contributed by atoms with Crippen LogP contribution in [0, 0.1) is 0 Å². The van der Waals surface area contributed by atoms with Gasteiger partial charge < -0.3 is 0 Å². The molecule has 0 aromatic rings. The number of piperazine rings is 1. The number of nitrogens with zero attached hydrogens (tertiary/aromatic N) is 2. The van der Waals surface area contributed by atoms with Gasteiger partial charge >= 0.3 is 0 Å². The van der Waals surface area contributed by atoms with Crippen molar-refractivity contribution >= 4 is 31.6 Å². The summed E-state index contributed by atoms with van der Waals surface area (Å²) in [5.41, 5.74) is 0. The second-order valence-corrected chi connectivity index (χ2v) is 8.72. The minimum absolute atomic E-state index is 0.0819. The summed E-state index contributed by atoms with van der Waals surface area (Å²) in [5, 5.41) is 0. The largest absolute Gasteiger partial charge is 0.214 e. The molecule has 0 aromatic carbocycles. The Morgan fingerprint density at radius 3 is 1.89 bits per heavy atom. The summed E-state index contributed by atoms with van der Waals surface area (Å²) < 4.78 is 49.1. The molecular weight excluding hydrogens is 300 g/mol. The SMILES string of the molecule is CS(=O)(=O)N1CCN(S(=O)(=O)CCCCCl)CC1. The van der Waals surface area contributed by atoms with Gasteiger partial charge in [-0.25, -0.2) is 16.8 Å². The molecular formula is C9H19ClN2O4S2. The quantitative estimate of drug-likeness (QED) is 0.507. The van der Waals surface area contributed by atoms with Crippen molar-refractivity contribution in [2.75, 3.05) is 44.1 Å². The predicted molar refractivity (Wildman–Crippen MR) is 71.7 cm³/mol. The van der Waals surface area contributed by atoms with Crippen molar-refractivity contribution in [1.82, 2.24) is 8.61 Å². The van der Waals surface area contributed by atoms with Gasteiger partial charge in [-0.3, -0.25) is 0 Å². The maximum atomic E-state index is 11.9. The lowest BCUT2D eigenvalue weighted by Gasteiger charge is -2.32. The van der Waals surface area contributed by atoms with Crippen molar-refractivity contribution in [3.05, 3.63) is 0 Å². The van der Waals surface area contributed by atoms with Crippen LogP contribution >= 0.6 is 11.6 Å². The first kappa shape index (κ1) is 16.2. The summed E-state index contributed by atoms with van der Waals surface area (Å²) in [6.45, 7) is 0.924. The van der Waals surface area contributed by atoms with E-state index in [4.69, 9.17) is 11.6 Å². The van der Waals surface area contributed by atoms with Gasteiger partial charge in [-0.2, -0.15) is 8.61 Å². The minimum atomic E-state index is -3.27. The molecule has 9 heteroatoms. The van der Waals surface area contributed by atoms with E-state index >= 15 is 0 Å². The number of hydrogen-bond donors (Lipinski definition) is 0. The highest BCUT2D eigenvalue weighted by Gasteiger charge is 2.29. The van der Waals surface area contributed by atoms with Gasteiger partial charge in [0.05, 0.1) is 12.0 Å². The average molecular weight is 319 g/mol. The Kier molecular flexibility index (Phi) is 5.85. The zero-order chi connectivity index (χ0) is 13.8. The van der Waals surface area contributed by atoms with E-state index in [0.717, 1.165) is 6.26 Å². The standard InChI is InChI=1S/C9H19ClN2O4S2/c1-17(13,14)11-5-7-12(8-6-11)18(15,16)9-3-2-4-10/h2-9H2,1H3. The molecule has 1 fully saturated rings. The Hall–Kier alpha value is 0.110. The van der Waals surface area contributed by atoms with Crippen molar-refractivity contribution < 1.29 is 16.8 Å². The summed E-state index contributed by atoms with van der Waals surface area (Å²) in [6.07, 6.45) is 2.35. The van der Waals surface area contributed by atoms with Crippen LogP contribution in [0.4, 0.5) is 0 Å². The molecule has 18 heavy (non-hydrogen) atoms. The molecule has 0 amide bonds. The van der Waals surface area contributed by atoms with Crippen LogP contribution in [0.5, 0.6) is 0 Å². The normalized spacial score (nSPS) is 20.1. The van der Waals surface area contributed by atoms with Gasteiger partial charge in [0.15, 0.2) is 0 Å². The highest BCUT2D eigenvalue weighted by atomic mass is 35.5. The third-order valence-electron chi connectivity index (χ3n) is 2.85. The third-order valence-corrected chi connectivity index (χ3v) is 6.37. The van der Waals surface area contributed by atoms with E-state index in [1.54, 1.807) is 0 Å². The van der Waals surface area contributed by atoms with E-state index in [0.29, 0.717) is 18.7 Å². The molecule has 0 saturated carbocycles. The molecule has 1 heterocycles. The summed E-state index contributed by atoms with van der Waals surface area (Å²) in [7, 11) is -6.49. The second kappa shape index (κ2) is 6.51. The van der Waals surface area contributed by atoms with Crippen LogP contribution in [-0.2, 0) is 20.0 Å². The molecule has 1 aliphatic rings.